The fourth-order valence-electron chi connectivity index (χ4n) is 3.62. The summed E-state index contributed by atoms with van der Waals surface area (Å²) in [6, 6.07) is 9.97. The molecule has 0 saturated carbocycles. The fourth-order valence-corrected chi connectivity index (χ4v) is 4.62. The zero-order valence-electron chi connectivity index (χ0n) is 20.4. The van der Waals surface area contributed by atoms with Crippen LogP contribution in [0.15, 0.2) is 45.7 Å². The lowest BCUT2D eigenvalue weighted by Gasteiger charge is -2.33. The number of rotatable bonds is 7. The maximum Gasteiger partial charge on any atom is 0.259 e. The molecule has 0 heterocycles. The van der Waals surface area contributed by atoms with Gasteiger partial charge in [-0.05, 0) is 86.3 Å². The van der Waals surface area contributed by atoms with E-state index in [1.165, 1.54) is 12.1 Å². The van der Waals surface area contributed by atoms with Crippen molar-refractivity contribution in [1.82, 2.24) is 4.90 Å². The molecule has 2 aromatic carbocycles. The van der Waals surface area contributed by atoms with Crippen LogP contribution in [-0.4, -0.2) is 29.1 Å². The van der Waals surface area contributed by atoms with Crippen molar-refractivity contribution in [2.75, 3.05) is 14.1 Å². The second-order valence-electron chi connectivity index (χ2n) is 9.58. The Morgan fingerprint density at radius 3 is 1.94 bits per heavy atom. The van der Waals surface area contributed by atoms with Crippen LogP contribution in [0.1, 0.15) is 75.6 Å². The summed E-state index contributed by atoms with van der Waals surface area (Å²) in [5.74, 6) is -0.846. The molecule has 0 saturated heterocycles. The van der Waals surface area contributed by atoms with Gasteiger partial charge in [-0.15, -0.1) is 4.36 Å². The van der Waals surface area contributed by atoms with Crippen molar-refractivity contribution in [1.29, 1.82) is 0 Å². The molecule has 176 valence electrons. The van der Waals surface area contributed by atoms with Crippen molar-refractivity contribution >= 4 is 15.8 Å². The zero-order chi connectivity index (χ0) is 24.4. The number of benzene rings is 2. The number of nitrogens with two attached hydrogens (primary N) is 1. The lowest BCUT2D eigenvalue weighted by atomic mass is 9.87. The molecule has 32 heavy (non-hydrogen) atoms. The summed E-state index contributed by atoms with van der Waals surface area (Å²) in [6.45, 7) is 12.0. The van der Waals surface area contributed by atoms with Gasteiger partial charge in [-0.25, -0.2) is 13.7 Å². The predicted molar refractivity (Wildman–Crippen MR) is 129 cm³/mol. The SMILES string of the molecule is CC(C)c1cc(F)cc(C(C)C)c1CC(=O)N=S(N)(=O)c1ccc(C(C)(C)N(C)C)cc1. The molecule has 1 atom stereocenters. The minimum atomic E-state index is -3.40. The minimum absolute atomic E-state index is 0.0285. The highest BCUT2D eigenvalue weighted by Gasteiger charge is 2.24. The van der Waals surface area contributed by atoms with Crippen molar-refractivity contribution in [3.8, 4) is 0 Å². The van der Waals surface area contributed by atoms with E-state index < -0.39 is 15.8 Å². The Morgan fingerprint density at radius 1 is 1.06 bits per heavy atom. The zero-order valence-corrected chi connectivity index (χ0v) is 21.2. The van der Waals surface area contributed by atoms with Gasteiger partial charge in [0.1, 0.15) is 15.7 Å². The number of nitrogens with zero attached hydrogens (tertiary/aromatic N) is 2. The molecule has 5 nitrogen and oxygen atoms in total. The largest absolute Gasteiger partial charge is 0.300 e. The quantitative estimate of drug-likeness (QED) is 0.605. The molecule has 0 aliphatic heterocycles. The molecule has 1 amide bonds. The Labute approximate surface area is 192 Å². The van der Waals surface area contributed by atoms with E-state index >= 15 is 0 Å². The molecule has 7 heteroatoms. The summed E-state index contributed by atoms with van der Waals surface area (Å²) in [7, 11) is 0.574. The Balaban J connectivity index is 2.42. The smallest absolute Gasteiger partial charge is 0.259 e. The van der Waals surface area contributed by atoms with Gasteiger partial charge >= 0.3 is 0 Å². The van der Waals surface area contributed by atoms with Crippen molar-refractivity contribution in [3.05, 3.63) is 64.5 Å². The average Bonchev–Trinajstić information content (AvgIpc) is 2.68. The Morgan fingerprint density at radius 2 is 1.53 bits per heavy atom. The van der Waals surface area contributed by atoms with Gasteiger partial charge < -0.3 is 4.90 Å². The third kappa shape index (κ3) is 5.82. The van der Waals surface area contributed by atoms with Crippen LogP contribution in [0.2, 0.25) is 0 Å². The van der Waals surface area contributed by atoms with Crippen LogP contribution < -0.4 is 5.14 Å². The van der Waals surface area contributed by atoms with E-state index in [4.69, 9.17) is 5.14 Å². The molecule has 0 spiro atoms. The van der Waals surface area contributed by atoms with Crippen LogP contribution in [0.3, 0.4) is 0 Å². The average molecular weight is 462 g/mol. The van der Waals surface area contributed by atoms with E-state index in [9.17, 15) is 13.4 Å². The topological polar surface area (TPSA) is 75.8 Å². The van der Waals surface area contributed by atoms with Crippen LogP contribution in [0.5, 0.6) is 0 Å². The number of hydrogen-bond donors (Lipinski definition) is 1. The normalized spacial score (nSPS) is 14.2. The molecule has 2 rings (SSSR count). The van der Waals surface area contributed by atoms with Gasteiger partial charge in [0.15, 0.2) is 0 Å². The molecule has 0 radical (unpaired) electrons. The van der Waals surface area contributed by atoms with Crippen LogP contribution in [-0.2, 0) is 26.7 Å². The van der Waals surface area contributed by atoms with Gasteiger partial charge in [-0.1, -0.05) is 39.8 Å². The molecule has 0 aromatic heterocycles. The number of amides is 1. The van der Waals surface area contributed by atoms with E-state index in [0.717, 1.165) is 22.3 Å². The van der Waals surface area contributed by atoms with E-state index in [-0.39, 0.29) is 29.6 Å². The second-order valence-corrected chi connectivity index (χ2v) is 11.4. The van der Waals surface area contributed by atoms with Crippen LogP contribution in [0.25, 0.3) is 0 Å². The summed E-state index contributed by atoms with van der Waals surface area (Å²) >= 11 is 0. The molecular weight excluding hydrogens is 425 g/mol. The first-order valence-electron chi connectivity index (χ1n) is 10.8. The molecular formula is C25H36FN3O2S. The summed E-state index contributed by atoms with van der Waals surface area (Å²) in [4.78, 5) is 15.2. The highest BCUT2D eigenvalue weighted by molar-refractivity contribution is 7.91. The molecule has 1 unspecified atom stereocenters. The van der Waals surface area contributed by atoms with Crippen molar-refractivity contribution in [2.45, 2.75) is 70.2 Å². The predicted octanol–water partition coefficient (Wildman–Crippen LogP) is 5.34. The molecule has 0 aliphatic carbocycles. The Hall–Kier alpha value is -2.09. The number of carbonyl (C=O) groups excluding carboxylic acids is 1. The lowest BCUT2D eigenvalue weighted by Crippen LogP contribution is -2.35. The maximum atomic E-state index is 14.1. The van der Waals surface area contributed by atoms with Crippen LogP contribution in [0.4, 0.5) is 4.39 Å². The number of halogens is 1. The monoisotopic (exact) mass is 461 g/mol. The van der Waals surface area contributed by atoms with E-state index in [0.29, 0.717) is 4.90 Å². The lowest BCUT2D eigenvalue weighted by molar-refractivity contribution is -0.117. The van der Waals surface area contributed by atoms with E-state index in [1.54, 1.807) is 12.1 Å². The standard InChI is InChI=1S/C25H36FN3O2S/c1-16(2)21-13-19(26)14-22(17(3)4)23(21)15-24(30)28-32(27,31)20-11-9-18(10-12-20)25(5,6)29(7)8/h9-14,16-17H,15H2,1-8H3,(H2,27,28,30,31). The number of carbonyl (C=O) groups is 1. The second kappa shape index (κ2) is 9.81. The summed E-state index contributed by atoms with van der Waals surface area (Å²) in [5.41, 5.74) is 3.07. The van der Waals surface area contributed by atoms with Crippen molar-refractivity contribution < 1.29 is 13.4 Å². The summed E-state index contributed by atoms with van der Waals surface area (Å²) in [6.07, 6.45) is -0.0682. The van der Waals surface area contributed by atoms with Gasteiger partial charge in [0.05, 0.1) is 11.3 Å². The maximum absolute atomic E-state index is 14.1. The Bertz CT molecular complexity index is 1070. The van der Waals surface area contributed by atoms with Gasteiger partial charge in [0.25, 0.3) is 5.91 Å². The van der Waals surface area contributed by atoms with Gasteiger partial charge in [0, 0.05) is 5.54 Å². The highest BCUT2D eigenvalue weighted by atomic mass is 32.2. The minimum Gasteiger partial charge on any atom is -0.300 e. The van der Waals surface area contributed by atoms with Crippen LogP contribution >= 0.6 is 0 Å². The van der Waals surface area contributed by atoms with E-state index in [2.05, 4.69) is 23.1 Å². The molecule has 2 aromatic rings. The van der Waals surface area contributed by atoms with Crippen molar-refractivity contribution in [3.63, 3.8) is 0 Å². The molecule has 0 fully saturated rings. The first-order valence-corrected chi connectivity index (χ1v) is 12.4. The third-order valence-corrected chi connectivity index (χ3v) is 7.53. The van der Waals surface area contributed by atoms with Crippen LogP contribution in [0, 0.1) is 5.82 Å². The van der Waals surface area contributed by atoms with Gasteiger partial charge in [-0.3, -0.25) is 4.79 Å². The fraction of sp³-hybridized carbons (Fsp3) is 0.480. The van der Waals surface area contributed by atoms with E-state index in [1.807, 2.05) is 53.9 Å². The Kier molecular flexibility index (Phi) is 8.02. The third-order valence-electron chi connectivity index (χ3n) is 6.11. The molecule has 2 N–H and O–H groups in total. The van der Waals surface area contributed by atoms with Crippen molar-refractivity contribution in [2.24, 2.45) is 9.50 Å². The highest BCUT2D eigenvalue weighted by Crippen LogP contribution is 2.30. The van der Waals surface area contributed by atoms with Gasteiger partial charge in [-0.2, -0.15) is 0 Å². The summed E-state index contributed by atoms with van der Waals surface area (Å²) < 4.78 is 31.1. The number of hydrogen-bond acceptors (Lipinski definition) is 3. The summed E-state index contributed by atoms with van der Waals surface area (Å²) in [5, 5.41) is 6.00. The van der Waals surface area contributed by atoms with Gasteiger partial charge in [0.2, 0.25) is 0 Å². The first-order chi connectivity index (χ1) is 14.7. The first kappa shape index (κ1) is 26.2. The molecule has 0 aliphatic rings. The molecule has 0 bridgehead atoms.